The zero-order valence-corrected chi connectivity index (χ0v) is 12.4. The minimum absolute atomic E-state index is 0.221. The van der Waals surface area contributed by atoms with Gasteiger partial charge in [-0.3, -0.25) is 9.78 Å². The van der Waals surface area contributed by atoms with Crippen LogP contribution < -0.4 is 10.6 Å². The Kier molecular flexibility index (Phi) is 4.15. The van der Waals surface area contributed by atoms with Gasteiger partial charge in [0.2, 0.25) is 0 Å². The van der Waals surface area contributed by atoms with E-state index in [4.69, 9.17) is 0 Å². The Labute approximate surface area is 128 Å². The summed E-state index contributed by atoms with van der Waals surface area (Å²) in [5.41, 5.74) is 3.06. The third-order valence-corrected chi connectivity index (χ3v) is 3.94. The van der Waals surface area contributed by atoms with E-state index in [0.717, 1.165) is 17.7 Å². The van der Waals surface area contributed by atoms with Crippen molar-refractivity contribution in [2.24, 2.45) is 0 Å². The highest BCUT2D eigenvalue weighted by atomic mass is 19.1. The molecule has 1 aliphatic rings. The first kappa shape index (κ1) is 14.7. The van der Waals surface area contributed by atoms with Crippen molar-refractivity contribution in [3.8, 4) is 0 Å². The molecule has 1 aromatic carbocycles. The molecule has 0 saturated carbocycles. The molecule has 1 aliphatic heterocycles. The Morgan fingerprint density at radius 1 is 1.41 bits per heavy atom. The Morgan fingerprint density at radius 3 is 3.09 bits per heavy atom. The molecule has 0 spiro atoms. The van der Waals surface area contributed by atoms with Gasteiger partial charge < -0.3 is 10.6 Å². The summed E-state index contributed by atoms with van der Waals surface area (Å²) in [5.74, 6) is -0.702. The minimum atomic E-state index is -0.370. The first-order valence-electron chi connectivity index (χ1n) is 7.47. The molecule has 0 atom stereocenters. The fraction of sp³-hybridized carbons (Fsp3) is 0.294. The molecule has 0 radical (unpaired) electrons. The SMILES string of the molecule is CCc1cccnc1C(=O)Nc1ccc2c(c1F)CCNC2. The van der Waals surface area contributed by atoms with Gasteiger partial charge in [0.05, 0.1) is 5.69 Å². The molecule has 2 N–H and O–H groups in total. The highest BCUT2D eigenvalue weighted by Crippen LogP contribution is 2.25. The molecule has 2 heterocycles. The van der Waals surface area contributed by atoms with E-state index in [1.807, 2.05) is 19.1 Å². The monoisotopic (exact) mass is 299 g/mol. The number of rotatable bonds is 3. The lowest BCUT2D eigenvalue weighted by molar-refractivity contribution is 0.102. The number of benzene rings is 1. The highest BCUT2D eigenvalue weighted by molar-refractivity contribution is 6.04. The van der Waals surface area contributed by atoms with E-state index in [1.165, 1.54) is 0 Å². The number of carbonyl (C=O) groups is 1. The minimum Gasteiger partial charge on any atom is -0.318 e. The number of hydrogen-bond donors (Lipinski definition) is 2. The molecule has 1 amide bonds. The summed E-state index contributed by atoms with van der Waals surface area (Å²) in [6.07, 6.45) is 2.91. The maximum absolute atomic E-state index is 14.5. The molecule has 0 saturated heterocycles. The van der Waals surface area contributed by atoms with Crippen LogP contribution >= 0.6 is 0 Å². The number of pyridine rings is 1. The second kappa shape index (κ2) is 6.23. The summed E-state index contributed by atoms with van der Waals surface area (Å²) >= 11 is 0. The highest BCUT2D eigenvalue weighted by Gasteiger charge is 2.19. The zero-order valence-electron chi connectivity index (χ0n) is 12.4. The maximum Gasteiger partial charge on any atom is 0.274 e. The first-order chi connectivity index (χ1) is 10.7. The number of nitrogens with one attached hydrogen (secondary N) is 2. The lowest BCUT2D eigenvalue weighted by Crippen LogP contribution is -2.25. The number of amides is 1. The standard InChI is InChI=1S/C17H18FN3O/c1-2-11-4-3-8-20-16(11)17(22)21-14-6-5-12-10-19-9-7-13(12)15(14)18/h3-6,8,19H,2,7,9-10H2,1H3,(H,21,22). The summed E-state index contributed by atoms with van der Waals surface area (Å²) in [6.45, 7) is 3.38. The van der Waals surface area contributed by atoms with Crippen LogP contribution in [0.2, 0.25) is 0 Å². The van der Waals surface area contributed by atoms with Crippen LogP contribution in [0.15, 0.2) is 30.5 Å². The van der Waals surface area contributed by atoms with Gasteiger partial charge in [-0.1, -0.05) is 19.1 Å². The smallest absolute Gasteiger partial charge is 0.274 e. The zero-order chi connectivity index (χ0) is 15.5. The predicted molar refractivity (Wildman–Crippen MR) is 83.4 cm³/mol. The van der Waals surface area contributed by atoms with Crippen LogP contribution in [0.1, 0.15) is 34.1 Å². The third kappa shape index (κ3) is 2.72. The van der Waals surface area contributed by atoms with E-state index in [2.05, 4.69) is 15.6 Å². The third-order valence-electron chi connectivity index (χ3n) is 3.94. The van der Waals surface area contributed by atoms with Gasteiger partial charge in [-0.15, -0.1) is 0 Å². The lowest BCUT2D eigenvalue weighted by Gasteiger charge is -2.19. The van der Waals surface area contributed by atoms with Crippen molar-refractivity contribution in [1.29, 1.82) is 0 Å². The van der Waals surface area contributed by atoms with Crippen molar-refractivity contribution >= 4 is 11.6 Å². The number of aromatic nitrogens is 1. The molecule has 114 valence electrons. The number of nitrogens with zero attached hydrogens (tertiary/aromatic N) is 1. The Hall–Kier alpha value is -2.27. The molecular formula is C17H18FN3O. The molecule has 0 bridgehead atoms. The van der Waals surface area contributed by atoms with E-state index in [-0.39, 0.29) is 17.4 Å². The first-order valence-corrected chi connectivity index (χ1v) is 7.47. The van der Waals surface area contributed by atoms with E-state index >= 15 is 0 Å². The van der Waals surface area contributed by atoms with Crippen LogP contribution in [0, 0.1) is 5.82 Å². The van der Waals surface area contributed by atoms with E-state index in [0.29, 0.717) is 30.6 Å². The van der Waals surface area contributed by atoms with Crippen LogP contribution in [0.4, 0.5) is 10.1 Å². The van der Waals surface area contributed by atoms with Gasteiger partial charge >= 0.3 is 0 Å². The average Bonchev–Trinajstić information content (AvgIpc) is 2.57. The molecule has 5 heteroatoms. The summed E-state index contributed by atoms with van der Waals surface area (Å²) in [4.78, 5) is 16.5. The number of aryl methyl sites for hydroxylation is 1. The summed E-state index contributed by atoms with van der Waals surface area (Å²) in [5, 5.41) is 5.86. The number of anilines is 1. The van der Waals surface area contributed by atoms with Gasteiger partial charge in [-0.05, 0) is 48.2 Å². The van der Waals surface area contributed by atoms with E-state index in [9.17, 15) is 9.18 Å². The Morgan fingerprint density at radius 2 is 2.27 bits per heavy atom. The molecule has 2 aromatic rings. The van der Waals surface area contributed by atoms with Gasteiger partial charge in [0.15, 0.2) is 0 Å². The largest absolute Gasteiger partial charge is 0.318 e. The predicted octanol–water partition coefficient (Wildman–Crippen LogP) is 2.68. The molecule has 0 aliphatic carbocycles. The average molecular weight is 299 g/mol. The van der Waals surface area contributed by atoms with E-state index < -0.39 is 0 Å². The van der Waals surface area contributed by atoms with Crippen molar-refractivity contribution in [3.63, 3.8) is 0 Å². The molecular weight excluding hydrogens is 281 g/mol. The molecule has 22 heavy (non-hydrogen) atoms. The second-order valence-corrected chi connectivity index (χ2v) is 5.31. The van der Waals surface area contributed by atoms with Gasteiger partial charge in [-0.2, -0.15) is 0 Å². The fourth-order valence-corrected chi connectivity index (χ4v) is 2.74. The molecule has 3 rings (SSSR count). The molecule has 4 nitrogen and oxygen atoms in total. The number of hydrogen-bond acceptors (Lipinski definition) is 3. The number of fused-ring (bicyclic) bond motifs is 1. The van der Waals surface area contributed by atoms with Crippen LogP contribution in [0.5, 0.6) is 0 Å². The molecule has 0 unspecified atom stereocenters. The van der Waals surface area contributed by atoms with Gasteiger partial charge in [0.1, 0.15) is 11.5 Å². The summed E-state index contributed by atoms with van der Waals surface area (Å²) in [7, 11) is 0. The van der Waals surface area contributed by atoms with Crippen LogP contribution in [-0.4, -0.2) is 17.4 Å². The lowest BCUT2D eigenvalue weighted by atomic mass is 9.99. The van der Waals surface area contributed by atoms with Gasteiger partial charge in [-0.25, -0.2) is 4.39 Å². The summed E-state index contributed by atoms with van der Waals surface area (Å²) < 4.78 is 14.5. The van der Waals surface area contributed by atoms with Gasteiger partial charge in [0, 0.05) is 12.7 Å². The Balaban J connectivity index is 1.88. The quantitative estimate of drug-likeness (QED) is 0.916. The maximum atomic E-state index is 14.5. The van der Waals surface area contributed by atoms with Crippen molar-refractivity contribution < 1.29 is 9.18 Å². The fourth-order valence-electron chi connectivity index (χ4n) is 2.74. The summed E-state index contributed by atoms with van der Waals surface area (Å²) in [6, 6.07) is 7.13. The van der Waals surface area contributed by atoms with Gasteiger partial charge in [0.25, 0.3) is 5.91 Å². The normalized spacial score (nSPS) is 13.5. The van der Waals surface area contributed by atoms with Crippen molar-refractivity contribution in [2.75, 3.05) is 11.9 Å². The molecule has 1 aromatic heterocycles. The number of halogens is 1. The van der Waals surface area contributed by atoms with Crippen molar-refractivity contribution in [1.82, 2.24) is 10.3 Å². The number of carbonyl (C=O) groups excluding carboxylic acids is 1. The topological polar surface area (TPSA) is 54.0 Å². The van der Waals surface area contributed by atoms with Crippen LogP contribution in [0.25, 0.3) is 0 Å². The van der Waals surface area contributed by atoms with E-state index in [1.54, 1.807) is 18.3 Å². The van der Waals surface area contributed by atoms with Crippen molar-refractivity contribution in [2.45, 2.75) is 26.3 Å². The Bertz CT molecular complexity index is 715. The van der Waals surface area contributed by atoms with Crippen LogP contribution in [0.3, 0.4) is 0 Å². The second-order valence-electron chi connectivity index (χ2n) is 5.31. The molecule has 0 fully saturated rings. The van der Waals surface area contributed by atoms with Crippen molar-refractivity contribution in [3.05, 3.63) is 58.7 Å². The van der Waals surface area contributed by atoms with Crippen LogP contribution in [-0.2, 0) is 19.4 Å².